The van der Waals surface area contributed by atoms with Crippen molar-refractivity contribution in [2.45, 2.75) is 25.3 Å². The normalized spacial score (nSPS) is 23.5. The molecule has 1 amide bonds. The second-order valence-corrected chi connectivity index (χ2v) is 6.79. The number of likely N-dealkylation sites (N-methyl/N-ethyl adjacent to an activating group) is 1. The Kier molecular flexibility index (Phi) is 5.01. The van der Waals surface area contributed by atoms with E-state index >= 15 is 0 Å². The van der Waals surface area contributed by atoms with Crippen LogP contribution in [-0.2, 0) is 4.79 Å². The van der Waals surface area contributed by atoms with Gasteiger partial charge in [-0.15, -0.1) is 0 Å². The quantitative estimate of drug-likeness (QED) is 0.925. The van der Waals surface area contributed by atoms with Gasteiger partial charge >= 0.3 is 0 Å². The SMILES string of the molecule is CN(CC1CCNCC1)C1CCN(c2ccccc2Cl)C1=O. The standard InChI is InChI=1S/C17H24ClN3O/c1-20(12-13-6-9-19-10-7-13)16-8-11-21(17(16)22)15-5-3-2-4-14(15)18/h2-5,13,16,19H,6-12H2,1H3. The predicted molar refractivity (Wildman–Crippen MR) is 90.4 cm³/mol. The van der Waals surface area contributed by atoms with E-state index in [1.54, 1.807) is 0 Å². The molecule has 1 unspecified atom stereocenters. The largest absolute Gasteiger partial charge is 0.317 e. The third kappa shape index (κ3) is 3.29. The zero-order valence-corrected chi connectivity index (χ0v) is 13.9. The topological polar surface area (TPSA) is 35.6 Å². The van der Waals surface area contributed by atoms with E-state index < -0.39 is 0 Å². The summed E-state index contributed by atoms with van der Waals surface area (Å²) in [5.74, 6) is 0.887. The smallest absolute Gasteiger partial charge is 0.244 e. The Morgan fingerprint density at radius 1 is 1.27 bits per heavy atom. The van der Waals surface area contributed by atoms with Crippen molar-refractivity contribution in [1.82, 2.24) is 10.2 Å². The van der Waals surface area contributed by atoms with Crippen molar-refractivity contribution in [3.63, 3.8) is 0 Å². The number of nitrogens with zero attached hydrogens (tertiary/aromatic N) is 2. The molecule has 3 rings (SSSR count). The monoisotopic (exact) mass is 321 g/mol. The summed E-state index contributed by atoms with van der Waals surface area (Å²) in [7, 11) is 2.08. The van der Waals surface area contributed by atoms with E-state index in [0.717, 1.165) is 38.3 Å². The molecule has 1 aromatic carbocycles. The number of piperidine rings is 1. The molecule has 2 fully saturated rings. The molecule has 22 heavy (non-hydrogen) atoms. The number of amides is 1. The van der Waals surface area contributed by atoms with Crippen molar-refractivity contribution in [1.29, 1.82) is 0 Å². The molecule has 0 spiro atoms. The fourth-order valence-electron chi connectivity index (χ4n) is 3.58. The van der Waals surface area contributed by atoms with Gasteiger partial charge in [-0.1, -0.05) is 23.7 Å². The van der Waals surface area contributed by atoms with Crippen LogP contribution in [0.5, 0.6) is 0 Å². The van der Waals surface area contributed by atoms with Crippen molar-refractivity contribution in [2.24, 2.45) is 5.92 Å². The van der Waals surface area contributed by atoms with Crippen LogP contribution in [0.25, 0.3) is 0 Å². The summed E-state index contributed by atoms with van der Waals surface area (Å²) < 4.78 is 0. The first kappa shape index (κ1) is 15.8. The molecular formula is C17H24ClN3O. The molecule has 2 saturated heterocycles. The van der Waals surface area contributed by atoms with Gasteiger partial charge in [-0.05, 0) is 57.5 Å². The fourth-order valence-corrected chi connectivity index (χ4v) is 3.82. The van der Waals surface area contributed by atoms with Gasteiger partial charge in [-0.2, -0.15) is 0 Å². The molecule has 2 aliphatic heterocycles. The van der Waals surface area contributed by atoms with E-state index in [1.165, 1.54) is 12.8 Å². The number of benzene rings is 1. The van der Waals surface area contributed by atoms with Crippen molar-refractivity contribution < 1.29 is 4.79 Å². The number of rotatable bonds is 4. The molecule has 1 atom stereocenters. The van der Waals surface area contributed by atoms with Crippen molar-refractivity contribution in [2.75, 3.05) is 38.1 Å². The van der Waals surface area contributed by atoms with E-state index in [4.69, 9.17) is 11.6 Å². The average Bonchev–Trinajstić information content (AvgIpc) is 2.90. The Hall–Kier alpha value is -1.10. The second kappa shape index (κ2) is 6.99. The number of halogens is 1. The van der Waals surface area contributed by atoms with E-state index in [9.17, 15) is 4.79 Å². The van der Waals surface area contributed by atoms with Gasteiger partial charge in [0.1, 0.15) is 0 Å². The van der Waals surface area contributed by atoms with Gasteiger partial charge in [-0.25, -0.2) is 0 Å². The van der Waals surface area contributed by atoms with Crippen LogP contribution in [0.3, 0.4) is 0 Å². The van der Waals surface area contributed by atoms with Gasteiger partial charge < -0.3 is 10.2 Å². The molecule has 2 heterocycles. The molecule has 0 bridgehead atoms. The third-order valence-electron chi connectivity index (χ3n) is 4.86. The third-order valence-corrected chi connectivity index (χ3v) is 5.18. The molecule has 0 aliphatic carbocycles. The first-order valence-corrected chi connectivity index (χ1v) is 8.51. The van der Waals surface area contributed by atoms with Crippen molar-refractivity contribution in [3.8, 4) is 0 Å². The maximum atomic E-state index is 12.8. The lowest BCUT2D eigenvalue weighted by molar-refractivity contribution is -0.121. The highest BCUT2D eigenvalue weighted by Gasteiger charge is 2.36. The molecule has 4 nitrogen and oxygen atoms in total. The highest BCUT2D eigenvalue weighted by atomic mass is 35.5. The first-order chi connectivity index (χ1) is 10.7. The van der Waals surface area contributed by atoms with Crippen LogP contribution >= 0.6 is 11.6 Å². The van der Waals surface area contributed by atoms with Gasteiger partial charge in [0.2, 0.25) is 5.91 Å². The minimum Gasteiger partial charge on any atom is -0.317 e. The average molecular weight is 322 g/mol. The lowest BCUT2D eigenvalue weighted by Gasteiger charge is -2.30. The van der Waals surface area contributed by atoms with Crippen LogP contribution in [-0.4, -0.2) is 50.1 Å². The van der Waals surface area contributed by atoms with Gasteiger partial charge in [0.05, 0.1) is 16.8 Å². The Morgan fingerprint density at radius 2 is 2.00 bits per heavy atom. The first-order valence-electron chi connectivity index (χ1n) is 8.13. The van der Waals surface area contributed by atoms with Crippen LogP contribution in [0.15, 0.2) is 24.3 Å². The summed E-state index contributed by atoms with van der Waals surface area (Å²) in [4.78, 5) is 16.8. The van der Waals surface area contributed by atoms with Gasteiger partial charge in [0.15, 0.2) is 0 Å². The Morgan fingerprint density at radius 3 is 2.73 bits per heavy atom. The molecule has 5 heteroatoms. The highest BCUT2D eigenvalue weighted by Crippen LogP contribution is 2.30. The maximum absolute atomic E-state index is 12.8. The second-order valence-electron chi connectivity index (χ2n) is 6.38. The summed E-state index contributed by atoms with van der Waals surface area (Å²) >= 11 is 6.24. The molecule has 120 valence electrons. The maximum Gasteiger partial charge on any atom is 0.244 e. The zero-order chi connectivity index (χ0) is 15.5. The van der Waals surface area contributed by atoms with E-state index in [1.807, 2.05) is 29.2 Å². The predicted octanol–water partition coefficient (Wildman–Crippen LogP) is 2.38. The number of carbonyl (C=O) groups is 1. The number of anilines is 1. The molecule has 1 N–H and O–H groups in total. The molecular weight excluding hydrogens is 298 g/mol. The minimum absolute atomic E-state index is 0.00819. The highest BCUT2D eigenvalue weighted by molar-refractivity contribution is 6.33. The molecule has 0 radical (unpaired) electrons. The van der Waals surface area contributed by atoms with Gasteiger partial charge in [-0.3, -0.25) is 9.69 Å². The number of nitrogens with one attached hydrogen (secondary N) is 1. The Labute approximate surface area is 137 Å². The summed E-state index contributed by atoms with van der Waals surface area (Å²) in [5.41, 5.74) is 0.840. The van der Waals surface area contributed by atoms with Gasteiger partial charge in [0.25, 0.3) is 0 Å². The van der Waals surface area contributed by atoms with Crippen LogP contribution in [0.1, 0.15) is 19.3 Å². The molecule has 0 saturated carbocycles. The van der Waals surface area contributed by atoms with E-state index in [0.29, 0.717) is 10.9 Å². The Bertz CT molecular complexity index is 530. The van der Waals surface area contributed by atoms with Gasteiger partial charge in [0, 0.05) is 13.1 Å². The van der Waals surface area contributed by atoms with Crippen LogP contribution < -0.4 is 10.2 Å². The summed E-state index contributed by atoms with van der Waals surface area (Å²) in [6.45, 7) is 3.96. The zero-order valence-electron chi connectivity index (χ0n) is 13.1. The molecule has 1 aromatic rings. The minimum atomic E-state index is -0.00819. The van der Waals surface area contributed by atoms with Crippen molar-refractivity contribution in [3.05, 3.63) is 29.3 Å². The number of para-hydroxylation sites is 1. The van der Waals surface area contributed by atoms with Crippen LogP contribution in [0.2, 0.25) is 5.02 Å². The Balaban J connectivity index is 1.64. The van der Waals surface area contributed by atoms with E-state index in [2.05, 4.69) is 17.3 Å². The summed E-state index contributed by atoms with van der Waals surface area (Å²) in [6, 6.07) is 7.59. The summed E-state index contributed by atoms with van der Waals surface area (Å²) in [6.07, 6.45) is 3.30. The fraction of sp³-hybridized carbons (Fsp3) is 0.588. The number of carbonyl (C=O) groups excluding carboxylic acids is 1. The van der Waals surface area contributed by atoms with Crippen molar-refractivity contribution >= 4 is 23.2 Å². The van der Waals surface area contributed by atoms with E-state index in [-0.39, 0.29) is 11.9 Å². The van der Waals surface area contributed by atoms with Crippen LogP contribution in [0.4, 0.5) is 5.69 Å². The number of hydrogen-bond donors (Lipinski definition) is 1. The number of hydrogen-bond acceptors (Lipinski definition) is 3. The lowest BCUT2D eigenvalue weighted by atomic mass is 9.97. The molecule has 0 aromatic heterocycles. The molecule has 2 aliphatic rings. The summed E-state index contributed by atoms with van der Waals surface area (Å²) in [5, 5.41) is 4.04. The lowest BCUT2D eigenvalue weighted by Crippen LogP contribution is -2.43. The van der Waals surface area contributed by atoms with Crippen LogP contribution in [0, 0.1) is 5.92 Å².